The Bertz CT molecular complexity index is 310. The highest BCUT2D eigenvalue weighted by Gasteiger charge is 2.31. The minimum Gasteiger partial charge on any atom is -0.480 e. The second-order valence-corrected chi connectivity index (χ2v) is 5.86. The van der Waals surface area contributed by atoms with Crippen molar-refractivity contribution >= 4 is 11.9 Å². The predicted molar refractivity (Wildman–Crippen MR) is 69.4 cm³/mol. The minimum absolute atomic E-state index is 0.0195. The maximum Gasteiger partial charge on any atom is 0.326 e. The monoisotopic (exact) mass is 256 g/mol. The quantitative estimate of drug-likeness (QED) is 0.793. The first-order chi connectivity index (χ1) is 8.31. The fourth-order valence-corrected chi connectivity index (χ4v) is 2.17. The third-order valence-electron chi connectivity index (χ3n) is 3.10. The molecule has 1 amide bonds. The van der Waals surface area contributed by atoms with Gasteiger partial charge in [-0.3, -0.25) is 4.79 Å². The van der Waals surface area contributed by atoms with Crippen LogP contribution >= 0.6 is 0 Å². The zero-order chi connectivity index (χ0) is 13.8. The molecule has 18 heavy (non-hydrogen) atoms. The van der Waals surface area contributed by atoms with Gasteiger partial charge in [-0.2, -0.15) is 0 Å². The van der Waals surface area contributed by atoms with Crippen LogP contribution in [0.1, 0.15) is 46.5 Å². The van der Waals surface area contributed by atoms with E-state index in [-0.39, 0.29) is 11.4 Å². The number of piperidine rings is 1. The van der Waals surface area contributed by atoms with Crippen LogP contribution in [0, 0.1) is 0 Å². The lowest BCUT2D eigenvalue weighted by atomic mass is 10.0. The Kier molecular flexibility index (Phi) is 5.14. The van der Waals surface area contributed by atoms with Crippen molar-refractivity contribution in [2.24, 2.45) is 0 Å². The smallest absolute Gasteiger partial charge is 0.326 e. The highest BCUT2D eigenvalue weighted by Crippen LogP contribution is 2.18. The van der Waals surface area contributed by atoms with Gasteiger partial charge in [-0.05, 0) is 40.0 Å². The first-order valence-electron chi connectivity index (χ1n) is 6.58. The van der Waals surface area contributed by atoms with Crippen LogP contribution < -0.4 is 5.32 Å². The van der Waals surface area contributed by atoms with Crippen LogP contribution in [-0.4, -0.2) is 46.6 Å². The Balaban J connectivity index is 2.46. The largest absolute Gasteiger partial charge is 0.480 e. The van der Waals surface area contributed by atoms with Crippen molar-refractivity contribution in [1.29, 1.82) is 0 Å². The molecule has 0 aromatic heterocycles. The molecular formula is C13H24N2O3. The molecule has 0 aromatic carbocycles. The van der Waals surface area contributed by atoms with Gasteiger partial charge in [-0.15, -0.1) is 0 Å². The van der Waals surface area contributed by atoms with Crippen molar-refractivity contribution in [3.63, 3.8) is 0 Å². The number of rotatable bonds is 4. The number of hydrogen-bond donors (Lipinski definition) is 2. The van der Waals surface area contributed by atoms with Crippen molar-refractivity contribution in [1.82, 2.24) is 10.2 Å². The number of carbonyl (C=O) groups is 2. The predicted octanol–water partition coefficient (Wildman–Crippen LogP) is 1.23. The van der Waals surface area contributed by atoms with E-state index < -0.39 is 12.0 Å². The molecule has 1 aliphatic heterocycles. The van der Waals surface area contributed by atoms with Gasteiger partial charge in [-0.25, -0.2) is 4.79 Å². The molecule has 0 saturated carbocycles. The van der Waals surface area contributed by atoms with Crippen LogP contribution in [0.3, 0.4) is 0 Å². The van der Waals surface area contributed by atoms with Crippen LogP contribution in [0.15, 0.2) is 0 Å². The standard InChI is InChI=1S/C13H24N2O3/c1-13(2,3)14-8-7-11(16)15-9-5-4-6-10(15)12(17)18/h10,14H,4-9H2,1-3H3,(H,17,18)/t10-/m1/s1. The van der Waals surface area contributed by atoms with E-state index >= 15 is 0 Å². The van der Waals surface area contributed by atoms with Crippen LogP contribution in [0.4, 0.5) is 0 Å². The van der Waals surface area contributed by atoms with E-state index in [0.29, 0.717) is 25.9 Å². The second-order valence-electron chi connectivity index (χ2n) is 5.86. The van der Waals surface area contributed by atoms with Gasteiger partial charge in [0.05, 0.1) is 0 Å². The molecule has 0 unspecified atom stereocenters. The van der Waals surface area contributed by atoms with E-state index in [1.165, 1.54) is 4.90 Å². The average Bonchev–Trinajstić information content (AvgIpc) is 2.27. The molecule has 5 nitrogen and oxygen atoms in total. The molecule has 0 aliphatic carbocycles. The first-order valence-corrected chi connectivity index (χ1v) is 6.58. The molecule has 0 radical (unpaired) electrons. The van der Waals surface area contributed by atoms with Gasteiger partial charge < -0.3 is 15.3 Å². The summed E-state index contributed by atoms with van der Waals surface area (Å²) in [5.74, 6) is -0.939. The number of hydrogen-bond acceptors (Lipinski definition) is 3. The summed E-state index contributed by atoms with van der Waals surface area (Å²) in [6.07, 6.45) is 2.73. The van der Waals surface area contributed by atoms with Crippen molar-refractivity contribution in [3.8, 4) is 0 Å². The second kappa shape index (κ2) is 6.18. The molecule has 5 heteroatoms. The zero-order valence-electron chi connectivity index (χ0n) is 11.5. The van der Waals surface area contributed by atoms with E-state index in [9.17, 15) is 9.59 Å². The molecule has 0 aromatic rings. The van der Waals surface area contributed by atoms with Gasteiger partial charge >= 0.3 is 5.97 Å². The number of nitrogens with zero attached hydrogens (tertiary/aromatic N) is 1. The van der Waals surface area contributed by atoms with Gasteiger partial charge in [0.1, 0.15) is 6.04 Å². The highest BCUT2D eigenvalue weighted by molar-refractivity contribution is 5.83. The SMILES string of the molecule is CC(C)(C)NCCC(=O)N1CCCC[C@@H]1C(=O)O. The summed E-state index contributed by atoms with van der Waals surface area (Å²) >= 11 is 0. The number of carboxylic acids is 1. The number of likely N-dealkylation sites (tertiary alicyclic amines) is 1. The minimum atomic E-state index is -0.883. The summed E-state index contributed by atoms with van der Waals surface area (Å²) in [7, 11) is 0. The van der Waals surface area contributed by atoms with Crippen molar-refractivity contribution in [2.45, 2.75) is 58.0 Å². The molecule has 1 aliphatic rings. The van der Waals surface area contributed by atoms with E-state index in [0.717, 1.165) is 12.8 Å². The normalized spacial score (nSPS) is 20.8. The molecule has 1 saturated heterocycles. The lowest BCUT2D eigenvalue weighted by Gasteiger charge is -2.33. The maximum absolute atomic E-state index is 12.0. The van der Waals surface area contributed by atoms with E-state index in [4.69, 9.17) is 5.11 Å². The van der Waals surface area contributed by atoms with E-state index in [2.05, 4.69) is 5.32 Å². The molecule has 1 atom stereocenters. The van der Waals surface area contributed by atoms with Crippen molar-refractivity contribution in [2.75, 3.05) is 13.1 Å². The summed E-state index contributed by atoms with van der Waals surface area (Å²) in [6, 6.07) is -0.624. The van der Waals surface area contributed by atoms with Gasteiger partial charge in [0, 0.05) is 25.0 Å². The molecule has 104 valence electrons. The van der Waals surface area contributed by atoms with Crippen LogP contribution in [0.2, 0.25) is 0 Å². The van der Waals surface area contributed by atoms with Gasteiger partial charge in [0.15, 0.2) is 0 Å². The molecule has 2 N–H and O–H groups in total. The van der Waals surface area contributed by atoms with Crippen LogP contribution in [-0.2, 0) is 9.59 Å². The number of amides is 1. The molecule has 1 fully saturated rings. The van der Waals surface area contributed by atoms with Gasteiger partial charge in [0.25, 0.3) is 0 Å². The fourth-order valence-electron chi connectivity index (χ4n) is 2.17. The highest BCUT2D eigenvalue weighted by atomic mass is 16.4. The average molecular weight is 256 g/mol. The van der Waals surface area contributed by atoms with Crippen LogP contribution in [0.5, 0.6) is 0 Å². The van der Waals surface area contributed by atoms with Crippen LogP contribution in [0.25, 0.3) is 0 Å². The summed E-state index contributed by atoms with van der Waals surface area (Å²) < 4.78 is 0. The Morgan fingerprint density at radius 2 is 2.00 bits per heavy atom. The molecule has 1 heterocycles. The summed E-state index contributed by atoms with van der Waals surface area (Å²) in [5, 5.41) is 12.3. The Morgan fingerprint density at radius 3 is 2.56 bits per heavy atom. The Morgan fingerprint density at radius 1 is 1.33 bits per heavy atom. The number of carboxylic acid groups (broad SMARTS) is 1. The lowest BCUT2D eigenvalue weighted by Crippen LogP contribution is -2.49. The zero-order valence-corrected chi connectivity index (χ0v) is 11.5. The van der Waals surface area contributed by atoms with Crippen molar-refractivity contribution < 1.29 is 14.7 Å². The third kappa shape index (κ3) is 4.64. The first kappa shape index (κ1) is 15.0. The van der Waals surface area contributed by atoms with E-state index in [1.807, 2.05) is 20.8 Å². The fraction of sp³-hybridized carbons (Fsp3) is 0.846. The van der Waals surface area contributed by atoms with Gasteiger partial charge in [0.2, 0.25) is 5.91 Å². The molecule has 0 spiro atoms. The lowest BCUT2D eigenvalue weighted by molar-refractivity contribution is -0.152. The summed E-state index contributed by atoms with van der Waals surface area (Å²) in [5.41, 5.74) is -0.0195. The Labute approximate surface area is 109 Å². The molecule has 0 bridgehead atoms. The summed E-state index contributed by atoms with van der Waals surface area (Å²) in [6.45, 7) is 7.28. The van der Waals surface area contributed by atoms with E-state index in [1.54, 1.807) is 0 Å². The number of nitrogens with one attached hydrogen (secondary N) is 1. The number of carbonyl (C=O) groups excluding carboxylic acids is 1. The maximum atomic E-state index is 12.0. The van der Waals surface area contributed by atoms with Crippen molar-refractivity contribution in [3.05, 3.63) is 0 Å². The topological polar surface area (TPSA) is 69.6 Å². The third-order valence-corrected chi connectivity index (χ3v) is 3.10. The number of aliphatic carboxylic acids is 1. The molecule has 1 rings (SSSR count). The molecular weight excluding hydrogens is 232 g/mol. The Hall–Kier alpha value is -1.10. The van der Waals surface area contributed by atoms with Gasteiger partial charge in [-0.1, -0.05) is 0 Å². The summed E-state index contributed by atoms with van der Waals surface area (Å²) in [4.78, 5) is 24.6.